The number of halogens is 1. The van der Waals surface area contributed by atoms with Crippen LogP contribution >= 0.6 is 11.6 Å². The average molecular weight is 311 g/mol. The zero-order chi connectivity index (χ0) is 15.2. The SMILES string of the molecule is CCC(C)C1CN(Cc2cc(Cl)ccc2OC)CCCN1. The molecule has 4 heteroatoms. The van der Waals surface area contributed by atoms with Crippen molar-refractivity contribution in [1.29, 1.82) is 0 Å². The van der Waals surface area contributed by atoms with E-state index in [-0.39, 0.29) is 0 Å². The van der Waals surface area contributed by atoms with Crippen LogP contribution in [-0.4, -0.2) is 37.7 Å². The summed E-state index contributed by atoms with van der Waals surface area (Å²) in [5.41, 5.74) is 1.18. The van der Waals surface area contributed by atoms with Gasteiger partial charge in [0, 0.05) is 29.7 Å². The highest BCUT2D eigenvalue weighted by atomic mass is 35.5. The lowest BCUT2D eigenvalue weighted by atomic mass is 9.99. The Morgan fingerprint density at radius 2 is 2.29 bits per heavy atom. The summed E-state index contributed by atoms with van der Waals surface area (Å²) < 4.78 is 5.47. The molecule has 0 radical (unpaired) electrons. The number of rotatable bonds is 5. The van der Waals surface area contributed by atoms with E-state index in [4.69, 9.17) is 16.3 Å². The smallest absolute Gasteiger partial charge is 0.123 e. The van der Waals surface area contributed by atoms with E-state index in [9.17, 15) is 0 Å². The Morgan fingerprint density at radius 3 is 3.00 bits per heavy atom. The van der Waals surface area contributed by atoms with E-state index >= 15 is 0 Å². The minimum atomic E-state index is 0.572. The lowest BCUT2D eigenvalue weighted by Gasteiger charge is -2.28. The van der Waals surface area contributed by atoms with Crippen LogP contribution < -0.4 is 10.1 Å². The van der Waals surface area contributed by atoms with Crippen molar-refractivity contribution in [3.8, 4) is 5.75 Å². The van der Waals surface area contributed by atoms with Gasteiger partial charge in [0.1, 0.15) is 5.75 Å². The fourth-order valence-electron chi connectivity index (χ4n) is 2.95. The minimum Gasteiger partial charge on any atom is -0.496 e. The highest BCUT2D eigenvalue weighted by molar-refractivity contribution is 6.30. The fraction of sp³-hybridized carbons (Fsp3) is 0.647. The van der Waals surface area contributed by atoms with Gasteiger partial charge in [-0.15, -0.1) is 0 Å². The Kier molecular flexibility index (Phi) is 6.34. The van der Waals surface area contributed by atoms with Crippen LogP contribution in [0.25, 0.3) is 0 Å². The second-order valence-corrected chi connectivity index (χ2v) is 6.43. The summed E-state index contributed by atoms with van der Waals surface area (Å²) in [5.74, 6) is 1.63. The lowest BCUT2D eigenvalue weighted by Crippen LogP contribution is -2.41. The monoisotopic (exact) mass is 310 g/mol. The maximum atomic E-state index is 6.14. The molecule has 1 aromatic rings. The number of hydrogen-bond acceptors (Lipinski definition) is 3. The third-order valence-electron chi connectivity index (χ3n) is 4.48. The van der Waals surface area contributed by atoms with Gasteiger partial charge in [-0.2, -0.15) is 0 Å². The zero-order valence-corrected chi connectivity index (χ0v) is 14.1. The quantitative estimate of drug-likeness (QED) is 0.900. The van der Waals surface area contributed by atoms with Gasteiger partial charge in [0.2, 0.25) is 0 Å². The topological polar surface area (TPSA) is 24.5 Å². The molecule has 0 aromatic heterocycles. The molecule has 0 bridgehead atoms. The Labute approximate surface area is 133 Å². The molecule has 1 saturated heterocycles. The third-order valence-corrected chi connectivity index (χ3v) is 4.71. The Bertz CT molecular complexity index is 452. The first-order valence-corrected chi connectivity index (χ1v) is 8.30. The molecule has 3 nitrogen and oxygen atoms in total. The van der Waals surface area contributed by atoms with E-state index in [2.05, 4.69) is 24.1 Å². The van der Waals surface area contributed by atoms with E-state index in [0.29, 0.717) is 12.0 Å². The van der Waals surface area contributed by atoms with Gasteiger partial charge in [0.15, 0.2) is 0 Å². The first kappa shape index (κ1) is 16.6. The normalized spacial score (nSPS) is 21.8. The van der Waals surface area contributed by atoms with Crippen molar-refractivity contribution < 1.29 is 4.74 Å². The van der Waals surface area contributed by atoms with Gasteiger partial charge in [0.25, 0.3) is 0 Å². The van der Waals surface area contributed by atoms with Crippen LogP contribution in [0.4, 0.5) is 0 Å². The molecule has 1 fully saturated rings. The molecule has 1 aliphatic rings. The number of methoxy groups -OCH3 is 1. The summed E-state index contributed by atoms with van der Waals surface area (Å²) in [5, 5.41) is 4.46. The lowest BCUT2D eigenvalue weighted by molar-refractivity contribution is 0.228. The molecule has 0 saturated carbocycles. The summed E-state index contributed by atoms with van der Waals surface area (Å²) >= 11 is 6.14. The Morgan fingerprint density at radius 1 is 1.48 bits per heavy atom. The van der Waals surface area contributed by atoms with Crippen LogP contribution in [0.15, 0.2) is 18.2 Å². The van der Waals surface area contributed by atoms with Gasteiger partial charge in [-0.25, -0.2) is 0 Å². The van der Waals surface area contributed by atoms with Crippen LogP contribution in [-0.2, 0) is 6.54 Å². The van der Waals surface area contributed by atoms with Gasteiger partial charge >= 0.3 is 0 Å². The molecule has 118 valence electrons. The minimum absolute atomic E-state index is 0.572. The van der Waals surface area contributed by atoms with Crippen molar-refractivity contribution in [2.24, 2.45) is 5.92 Å². The molecule has 2 unspecified atom stereocenters. The molecule has 1 aromatic carbocycles. The summed E-state index contributed by atoms with van der Waals surface area (Å²) in [7, 11) is 1.72. The number of nitrogens with zero attached hydrogens (tertiary/aromatic N) is 1. The predicted molar refractivity (Wildman–Crippen MR) is 89.1 cm³/mol. The summed E-state index contributed by atoms with van der Waals surface area (Å²) in [6, 6.07) is 6.44. The molecule has 0 spiro atoms. The van der Waals surface area contributed by atoms with Gasteiger partial charge in [0.05, 0.1) is 7.11 Å². The first-order chi connectivity index (χ1) is 10.1. The predicted octanol–water partition coefficient (Wildman–Crippen LogP) is 3.56. The second-order valence-electron chi connectivity index (χ2n) is 5.99. The van der Waals surface area contributed by atoms with Crippen molar-refractivity contribution in [2.45, 2.75) is 39.3 Å². The highest BCUT2D eigenvalue weighted by Gasteiger charge is 2.22. The molecule has 0 amide bonds. The Hall–Kier alpha value is -0.770. The summed E-state index contributed by atoms with van der Waals surface area (Å²) in [6.07, 6.45) is 2.40. The summed E-state index contributed by atoms with van der Waals surface area (Å²) in [4.78, 5) is 2.52. The van der Waals surface area contributed by atoms with Crippen LogP contribution in [0, 0.1) is 5.92 Å². The molecule has 2 atom stereocenters. The standard InChI is InChI=1S/C17H27ClN2O/c1-4-13(2)16-12-20(9-5-8-19-16)11-14-10-15(18)6-7-17(14)21-3/h6-7,10,13,16,19H,4-5,8-9,11-12H2,1-3H3. The number of ether oxygens (including phenoxy) is 1. The maximum Gasteiger partial charge on any atom is 0.123 e. The molecule has 0 aliphatic carbocycles. The molecule has 2 rings (SSSR count). The molecule has 1 heterocycles. The van der Waals surface area contributed by atoms with Gasteiger partial charge in [-0.05, 0) is 43.6 Å². The van der Waals surface area contributed by atoms with E-state index in [0.717, 1.165) is 37.0 Å². The highest BCUT2D eigenvalue weighted by Crippen LogP contribution is 2.25. The second kappa shape index (κ2) is 8.02. The van der Waals surface area contributed by atoms with Crippen molar-refractivity contribution in [3.05, 3.63) is 28.8 Å². The molecule has 1 N–H and O–H groups in total. The van der Waals surface area contributed by atoms with Gasteiger partial charge < -0.3 is 10.1 Å². The van der Waals surface area contributed by atoms with Crippen LogP contribution in [0.5, 0.6) is 5.75 Å². The molecular formula is C17H27ClN2O. The van der Waals surface area contributed by atoms with Crippen molar-refractivity contribution in [1.82, 2.24) is 10.2 Å². The van der Waals surface area contributed by atoms with Crippen LogP contribution in [0.3, 0.4) is 0 Å². The third kappa shape index (κ3) is 4.60. The van der Waals surface area contributed by atoms with Crippen molar-refractivity contribution >= 4 is 11.6 Å². The van der Waals surface area contributed by atoms with Crippen molar-refractivity contribution in [3.63, 3.8) is 0 Å². The molecule has 1 aliphatic heterocycles. The molecule has 21 heavy (non-hydrogen) atoms. The van der Waals surface area contributed by atoms with Gasteiger partial charge in [-0.1, -0.05) is 31.9 Å². The Balaban J connectivity index is 2.08. The van der Waals surface area contributed by atoms with Crippen molar-refractivity contribution in [2.75, 3.05) is 26.7 Å². The number of hydrogen-bond donors (Lipinski definition) is 1. The number of benzene rings is 1. The van der Waals surface area contributed by atoms with E-state index in [1.165, 1.54) is 18.4 Å². The first-order valence-electron chi connectivity index (χ1n) is 7.92. The van der Waals surface area contributed by atoms with Gasteiger partial charge in [-0.3, -0.25) is 4.90 Å². The van der Waals surface area contributed by atoms with Crippen LogP contribution in [0.2, 0.25) is 5.02 Å². The van der Waals surface area contributed by atoms with E-state index < -0.39 is 0 Å². The maximum absolute atomic E-state index is 6.14. The fourth-order valence-corrected chi connectivity index (χ4v) is 3.14. The largest absolute Gasteiger partial charge is 0.496 e. The van der Waals surface area contributed by atoms with Crippen LogP contribution in [0.1, 0.15) is 32.3 Å². The van der Waals surface area contributed by atoms with E-state index in [1.54, 1.807) is 7.11 Å². The van der Waals surface area contributed by atoms with E-state index in [1.807, 2.05) is 18.2 Å². The molecular weight excluding hydrogens is 284 g/mol. The number of nitrogens with one attached hydrogen (secondary N) is 1. The average Bonchev–Trinajstić information content (AvgIpc) is 2.72. The zero-order valence-electron chi connectivity index (χ0n) is 13.4. The summed E-state index contributed by atoms with van der Waals surface area (Å²) in [6.45, 7) is 8.82.